The van der Waals surface area contributed by atoms with Crippen LogP contribution in [0.25, 0.3) is 32.5 Å². The number of aromatic amines is 1. The van der Waals surface area contributed by atoms with Crippen LogP contribution in [0.2, 0.25) is 0 Å². The van der Waals surface area contributed by atoms with Gasteiger partial charge in [0, 0.05) is 36.0 Å². The number of anilines is 1. The highest BCUT2D eigenvalue weighted by molar-refractivity contribution is 7.19. The summed E-state index contributed by atoms with van der Waals surface area (Å²) in [6.45, 7) is 4.83. The Morgan fingerprint density at radius 1 is 1.30 bits per heavy atom. The lowest BCUT2D eigenvalue weighted by atomic mass is 10.1. The van der Waals surface area contributed by atoms with Gasteiger partial charge in [-0.15, -0.1) is 11.3 Å². The molecular weight excluding hydrogens is 402 g/mol. The van der Waals surface area contributed by atoms with Gasteiger partial charge in [-0.3, -0.25) is 5.10 Å². The fraction of sp³-hybridized carbons (Fsp3) is 0.381. The highest BCUT2D eigenvalue weighted by Gasteiger charge is 2.28. The van der Waals surface area contributed by atoms with Gasteiger partial charge in [-0.1, -0.05) is 12.1 Å². The molecule has 1 unspecified atom stereocenters. The number of nitrogens with zero attached hydrogens (tertiary/aromatic N) is 4. The van der Waals surface area contributed by atoms with E-state index in [2.05, 4.69) is 15.1 Å². The summed E-state index contributed by atoms with van der Waals surface area (Å²) in [6, 6.07) is 7.91. The van der Waals surface area contributed by atoms with Crippen LogP contribution in [-0.2, 0) is 15.1 Å². The lowest BCUT2D eigenvalue weighted by Crippen LogP contribution is -2.36. The molecule has 3 aromatic heterocycles. The van der Waals surface area contributed by atoms with E-state index in [0.717, 1.165) is 50.5 Å². The summed E-state index contributed by atoms with van der Waals surface area (Å²) in [5, 5.41) is 19.0. The summed E-state index contributed by atoms with van der Waals surface area (Å²) < 4.78 is 11.7. The zero-order chi connectivity index (χ0) is 20.7. The number of H-pyrrole nitrogens is 1. The van der Waals surface area contributed by atoms with Crippen LogP contribution in [-0.4, -0.2) is 65.3 Å². The predicted molar refractivity (Wildman–Crippen MR) is 117 cm³/mol. The maximum Gasteiger partial charge on any atom is 0.162 e. The Morgan fingerprint density at radius 3 is 2.93 bits per heavy atom. The maximum absolute atomic E-state index is 10.9. The summed E-state index contributed by atoms with van der Waals surface area (Å²) in [7, 11) is 1.59. The second-order valence-electron chi connectivity index (χ2n) is 7.64. The first-order valence-electron chi connectivity index (χ1n) is 9.85. The van der Waals surface area contributed by atoms with Crippen LogP contribution in [0.3, 0.4) is 0 Å². The van der Waals surface area contributed by atoms with Crippen molar-refractivity contribution in [3.05, 3.63) is 35.3 Å². The minimum Gasteiger partial charge on any atom is -0.382 e. The molecule has 1 saturated heterocycles. The Hall–Kier alpha value is -2.59. The number of benzene rings is 1. The molecule has 0 spiro atoms. The molecule has 5 rings (SSSR count). The topological polar surface area (TPSA) is 96.4 Å². The summed E-state index contributed by atoms with van der Waals surface area (Å²) in [5.41, 5.74) is 1.60. The lowest BCUT2D eigenvalue weighted by Gasteiger charge is -2.28. The molecule has 9 heteroatoms. The zero-order valence-corrected chi connectivity index (χ0v) is 17.7. The van der Waals surface area contributed by atoms with Crippen LogP contribution in [0.5, 0.6) is 0 Å². The molecule has 4 aromatic rings. The average molecular weight is 426 g/mol. The van der Waals surface area contributed by atoms with Gasteiger partial charge in [0.25, 0.3) is 0 Å². The van der Waals surface area contributed by atoms with Gasteiger partial charge in [0.15, 0.2) is 11.6 Å². The zero-order valence-electron chi connectivity index (χ0n) is 16.9. The number of methoxy groups -OCH3 is 1. The van der Waals surface area contributed by atoms with Gasteiger partial charge in [-0.2, -0.15) is 5.10 Å². The third-order valence-electron chi connectivity index (χ3n) is 5.35. The number of hydrogen-bond donors (Lipinski definition) is 2. The number of rotatable bonds is 5. The summed E-state index contributed by atoms with van der Waals surface area (Å²) in [4.78, 5) is 12.9. The molecule has 1 aromatic carbocycles. The van der Waals surface area contributed by atoms with Crippen molar-refractivity contribution in [2.24, 2.45) is 0 Å². The van der Waals surface area contributed by atoms with Crippen molar-refractivity contribution in [2.45, 2.75) is 12.5 Å². The molecule has 156 valence electrons. The fourth-order valence-electron chi connectivity index (χ4n) is 3.81. The van der Waals surface area contributed by atoms with Crippen molar-refractivity contribution in [3.63, 3.8) is 0 Å². The summed E-state index contributed by atoms with van der Waals surface area (Å²) >= 11 is 1.52. The third-order valence-corrected chi connectivity index (χ3v) is 6.72. The predicted octanol–water partition coefficient (Wildman–Crippen LogP) is 2.93. The van der Waals surface area contributed by atoms with E-state index in [4.69, 9.17) is 19.4 Å². The Bertz CT molecular complexity index is 1200. The third kappa shape index (κ3) is 3.33. The van der Waals surface area contributed by atoms with Gasteiger partial charge in [0.1, 0.15) is 5.60 Å². The van der Waals surface area contributed by atoms with Gasteiger partial charge in [0.2, 0.25) is 0 Å². The molecule has 0 saturated carbocycles. The van der Waals surface area contributed by atoms with E-state index in [9.17, 15) is 5.11 Å². The lowest BCUT2D eigenvalue weighted by molar-refractivity contribution is -0.0180. The van der Waals surface area contributed by atoms with Crippen LogP contribution in [0, 0.1) is 0 Å². The molecule has 30 heavy (non-hydrogen) atoms. The Kier molecular flexibility index (Phi) is 4.90. The van der Waals surface area contributed by atoms with Crippen molar-refractivity contribution >= 4 is 38.3 Å². The molecule has 2 N–H and O–H groups in total. The molecular formula is C21H23N5O3S. The minimum atomic E-state index is -1.09. The molecule has 4 heterocycles. The van der Waals surface area contributed by atoms with Crippen molar-refractivity contribution < 1.29 is 14.6 Å². The molecule has 1 aliphatic heterocycles. The maximum atomic E-state index is 10.9. The van der Waals surface area contributed by atoms with Gasteiger partial charge < -0.3 is 19.5 Å². The number of aliphatic hydroxyl groups is 1. The Labute approximate surface area is 177 Å². The van der Waals surface area contributed by atoms with E-state index in [1.54, 1.807) is 20.2 Å². The molecule has 1 aliphatic rings. The Morgan fingerprint density at radius 2 is 2.13 bits per heavy atom. The quantitative estimate of drug-likeness (QED) is 0.507. The number of morpholine rings is 1. The number of nitrogens with one attached hydrogen (secondary N) is 1. The SMILES string of the molecule is COCC(C)(O)c1cc2nc(-c3cccc4[nH]ncc34)nc(N3CCOCC3)c2s1. The van der Waals surface area contributed by atoms with E-state index in [0.29, 0.717) is 19.0 Å². The van der Waals surface area contributed by atoms with E-state index >= 15 is 0 Å². The standard InChI is InChI=1S/C21H23N5O3S/c1-21(27,12-28-2)17-10-16-18(30-17)20(26-6-8-29-9-7-26)24-19(23-16)13-4-3-5-15-14(13)11-22-25-15/h3-5,10-11,27H,6-9,12H2,1-2H3,(H,22,25). The normalized spacial score (nSPS) is 17.0. The second kappa shape index (κ2) is 7.59. The van der Waals surface area contributed by atoms with E-state index in [1.807, 2.05) is 24.3 Å². The average Bonchev–Trinajstić information content (AvgIpc) is 3.40. The fourth-order valence-corrected chi connectivity index (χ4v) is 4.95. The first kappa shape index (κ1) is 19.4. The monoisotopic (exact) mass is 425 g/mol. The van der Waals surface area contributed by atoms with Crippen LogP contribution in [0.4, 0.5) is 5.82 Å². The molecule has 1 fully saturated rings. The van der Waals surface area contributed by atoms with Crippen LogP contribution in [0.1, 0.15) is 11.8 Å². The number of thiophene rings is 1. The first-order chi connectivity index (χ1) is 14.6. The molecule has 0 bridgehead atoms. The van der Waals surface area contributed by atoms with E-state index in [1.165, 1.54) is 11.3 Å². The van der Waals surface area contributed by atoms with Crippen molar-refractivity contribution in [3.8, 4) is 11.4 Å². The minimum absolute atomic E-state index is 0.210. The largest absolute Gasteiger partial charge is 0.382 e. The van der Waals surface area contributed by atoms with Crippen LogP contribution < -0.4 is 4.90 Å². The van der Waals surface area contributed by atoms with Crippen LogP contribution in [0.15, 0.2) is 30.5 Å². The second-order valence-corrected chi connectivity index (χ2v) is 8.69. The van der Waals surface area contributed by atoms with Gasteiger partial charge >= 0.3 is 0 Å². The van der Waals surface area contributed by atoms with E-state index in [-0.39, 0.29) is 6.61 Å². The molecule has 0 amide bonds. The summed E-state index contributed by atoms with van der Waals surface area (Å²) in [6.07, 6.45) is 1.80. The molecule has 0 aliphatic carbocycles. The van der Waals surface area contributed by atoms with Crippen LogP contribution >= 0.6 is 11.3 Å². The highest BCUT2D eigenvalue weighted by Crippen LogP contribution is 2.39. The number of fused-ring (bicyclic) bond motifs is 2. The van der Waals surface area contributed by atoms with Gasteiger partial charge in [-0.05, 0) is 19.1 Å². The van der Waals surface area contributed by atoms with Crippen molar-refractivity contribution in [1.29, 1.82) is 0 Å². The van der Waals surface area contributed by atoms with Crippen molar-refractivity contribution in [2.75, 3.05) is 44.9 Å². The first-order valence-corrected chi connectivity index (χ1v) is 10.7. The molecule has 0 radical (unpaired) electrons. The highest BCUT2D eigenvalue weighted by atomic mass is 32.1. The number of hydrogen-bond acceptors (Lipinski definition) is 8. The number of ether oxygens (including phenoxy) is 2. The summed E-state index contributed by atoms with van der Waals surface area (Å²) in [5.74, 6) is 1.52. The Balaban J connectivity index is 1.71. The van der Waals surface area contributed by atoms with Crippen molar-refractivity contribution in [1.82, 2.24) is 20.2 Å². The smallest absolute Gasteiger partial charge is 0.162 e. The molecule has 1 atom stereocenters. The van der Waals surface area contributed by atoms with Gasteiger partial charge in [0.05, 0.1) is 41.8 Å². The number of aromatic nitrogens is 4. The molecule has 8 nitrogen and oxygen atoms in total. The van der Waals surface area contributed by atoms with E-state index < -0.39 is 5.60 Å². The van der Waals surface area contributed by atoms with Gasteiger partial charge in [-0.25, -0.2) is 9.97 Å².